The van der Waals surface area contributed by atoms with Gasteiger partial charge in [-0.15, -0.1) is 13.2 Å². The fourth-order valence-corrected chi connectivity index (χ4v) is 2.21. The monoisotopic (exact) mass is 338 g/mol. The van der Waals surface area contributed by atoms with Crippen LogP contribution in [0.4, 0.5) is 13.2 Å². The third kappa shape index (κ3) is 5.57. The maximum Gasteiger partial charge on any atom is 0.573 e. The van der Waals surface area contributed by atoms with Crippen molar-refractivity contribution in [3.63, 3.8) is 0 Å². The Morgan fingerprint density at radius 2 is 2.00 bits per heavy atom. The summed E-state index contributed by atoms with van der Waals surface area (Å²) in [5.74, 6) is -0.536. The van der Waals surface area contributed by atoms with Crippen molar-refractivity contribution >= 4 is 5.91 Å². The van der Waals surface area contributed by atoms with Crippen molar-refractivity contribution < 1.29 is 22.7 Å². The van der Waals surface area contributed by atoms with Gasteiger partial charge in [0.2, 0.25) is 5.91 Å². The standard InChI is InChI=1S/C17H17F3N2O2/c1-12(14-6-4-10-21-11-14)22-16(23)9-8-13-5-2-3-7-15(13)24-17(18,19)20/h2-7,10-12H,8-9H2,1H3,(H,22,23). The molecule has 1 aromatic heterocycles. The van der Waals surface area contributed by atoms with Gasteiger partial charge < -0.3 is 10.1 Å². The number of amides is 1. The highest BCUT2D eigenvalue weighted by molar-refractivity contribution is 5.76. The fraction of sp³-hybridized carbons (Fsp3) is 0.294. The van der Waals surface area contributed by atoms with Gasteiger partial charge in [-0.25, -0.2) is 0 Å². The quantitative estimate of drug-likeness (QED) is 0.872. The van der Waals surface area contributed by atoms with Crippen molar-refractivity contribution in [2.75, 3.05) is 0 Å². The van der Waals surface area contributed by atoms with Gasteiger partial charge in [0.25, 0.3) is 0 Å². The lowest BCUT2D eigenvalue weighted by Crippen LogP contribution is -2.27. The number of pyridine rings is 1. The Morgan fingerprint density at radius 1 is 1.25 bits per heavy atom. The summed E-state index contributed by atoms with van der Waals surface area (Å²) in [6.45, 7) is 1.82. The van der Waals surface area contributed by atoms with Gasteiger partial charge in [-0.2, -0.15) is 0 Å². The number of ether oxygens (including phenoxy) is 1. The molecule has 0 aliphatic carbocycles. The summed E-state index contributed by atoms with van der Waals surface area (Å²) in [5.41, 5.74) is 1.19. The molecule has 0 aliphatic heterocycles. The maximum atomic E-state index is 12.4. The molecule has 1 amide bonds. The summed E-state index contributed by atoms with van der Waals surface area (Å²) in [6, 6.07) is 9.18. The van der Waals surface area contributed by atoms with Crippen LogP contribution in [0.1, 0.15) is 30.5 Å². The Labute approximate surface area is 137 Å². The van der Waals surface area contributed by atoms with Gasteiger partial charge in [-0.05, 0) is 36.6 Å². The minimum absolute atomic E-state index is 0.0584. The summed E-state index contributed by atoms with van der Waals surface area (Å²) >= 11 is 0. The zero-order valence-electron chi connectivity index (χ0n) is 13.0. The van der Waals surface area contributed by atoms with Gasteiger partial charge >= 0.3 is 6.36 Å². The molecule has 0 aliphatic rings. The minimum atomic E-state index is -4.76. The van der Waals surface area contributed by atoms with Gasteiger partial charge in [0.05, 0.1) is 6.04 Å². The Bertz CT molecular complexity index is 675. The van der Waals surface area contributed by atoms with Crippen LogP contribution in [0.3, 0.4) is 0 Å². The number of alkyl halides is 3. The van der Waals surface area contributed by atoms with E-state index in [-0.39, 0.29) is 30.5 Å². The predicted octanol–water partition coefficient (Wildman–Crippen LogP) is 3.79. The lowest BCUT2D eigenvalue weighted by Gasteiger charge is -2.15. The third-order valence-corrected chi connectivity index (χ3v) is 3.38. The summed E-state index contributed by atoms with van der Waals surface area (Å²) in [4.78, 5) is 16.0. The largest absolute Gasteiger partial charge is 0.573 e. The van der Waals surface area contributed by atoms with Gasteiger partial charge in [-0.3, -0.25) is 9.78 Å². The number of aromatic nitrogens is 1. The molecule has 0 radical (unpaired) electrons. The third-order valence-electron chi connectivity index (χ3n) is 3.38. The predicted molar refractivity (Wildman–Crippen MR) is 82.2 cm³/mol. The highest BCUT2D eigenvalue weighted by Gasteiger charge is 2.31. The average Bonchev–Trinajstić information content (AvgIpc) is 2.53. The van der Waals surface area contributed by atoms with Crippen LogP contribution in [-0.2, 0) is 11.2 Å². The lowest BCUT2D eigenvalue weighted by atomic mass is 10.1. The second kappa shape index (κ2) is 7.81. The van der Waals surface area contributed by atoms with Gasteiger partial charge in [0, 0.05) is 18.8 Å². The van der Waals surface area contributed by atoms with Crippen molar-refractivity contribution in [3.05, 3.63) is 59.9 Å². The number of aryl methyl sites for hydroxylation is 1. The highest BCUT2D eigenvalue weighted by atomic mass is 19.4. The van der Waals surface area contributed by atoms with Gasteiger partial charge in [-0.1, -0.05) is 24.3 Å². The lowest BCUT2D eigenvalue weighted by molar-refractivity contribution is -0.274. The fourth-order valence-electron chi connectivity index (χ4n) is 2.21. The Balaban J connectivity index is 1.92. The summed E-state index contributed by atoms with van der Waals surface area (Å²) in [7, 11) is 0. The molecule has 4 nitrogen and oxygen atoms in total. The van der Waals surface area contributed by atoms with E-state index in [2.05, 4.69) is 15.0 Å². The molecular formula is C17H17F3N2O2. The summed E-state index contributed by atoms with van der Waals surface area (Å²) in [6.07, 6.45) is -1.26. The van der Waals surface area contributed by atoms with Crippen molar-refractivity contribution in [2.24, 2.45) is 0 Å². The van der Waals surface area contributed by atoms with Crippen LogP contribution < -0.4 is 10.1 Å². The molecule has 1 unspecified atom stereocenters. The van der Waals surface area contributed by atoms with Crippen LogP contribution in [-0.4, -0.2) is 17.3 Å². The van der Waals surface area contributed by atoms with E-state index in [4.69, 9.17) is 0 Å². The van der Waals surface area contributed by atoms with E-state index in [1.165, 1.54) is 18.2 Å². The smallest absolute Gasteiger partial charge is 0.406 e. The molecule has 1 N–H and O–H groups in total. The van der Waals surface area contributed by atoms with E-state index in [0.29, 0.717) is 5.56 Å². The molecule has 7 heteroatoms. The van der Waals surface area contributed by atoms with Crippen LogP contribution >= 0.6 is 0 Å². The first-order chi connectivity index (χ1) is 11.3. The molecule has 0 bridgehead atoms. The van der Waals surface area contributed by atoms with Gasteiger partial charge in [0.1, 0.15) is 5.75 Å². The second-order valence-corrected chi connectivity index (χ2v) is 5.23. The molecule has 0 saturated heterocycles. The first-order valence-electron chi connectivity index (χ1n) is 7.38. The zero-order valence-corrected chi connectivity index (χ0v) is 13.0. The van der Waals surface area contributed by atoms with E-state index < -0.39 is 6.36 Å². The normalized spacial score (nSPS) is 12.5. The molecule has 1 atom stereocenters. The van der Waals surface area contributed by atoms with E-state index in [1.807, 2.05) is 13.0 Å². The number of halogens is 3. The maximum absolute atomic E-state index is 12.4. The Kier molecular flexibility index (Phi) is 5.78. The van der Waals surface area contributed by atoms with Crippen molar-refractivity contribution in [1.82, 2.24) is 10.3 Å². The molecule has 1 heterocycles. The van der Waals surface area contributed by atoms with Crippen LogP contribution in [0, 0.1) is 0 Å². The number of benzene rings is 1. The number of carbonyl (C=O) groups is 1. The summed E-state index contributed by atoms with van der Waals surface area (Å²) < 4.78 is 41.1. The number of para-hydroxylation sites is 1. The van der Waals surface area contributed by atoms with E-state index in [0.717, 1.165) is 5.56 Å². The molecule has 0 saturated carbocycles. The molecule has 0 fully saturated rings. The molecule has 128 valence electrons. The van der Waals surface area contributed by atoms with Crippen LogP contribution in [0.2, 0.25) is 0 Å². The van der Waals surface area contributed by atoms with Crippen LogP contribution in [0.5, 0.6) is 5.75 Å². The number of hydrogen-bond acceptors (Lipinski definition) is 3. The SMILES string of the molecule is CC(NC(=O)CCc1ccccc1OC(F)(F)F)c1cccnc1. The van der Waals surface area contributed by atoms with E-state index in [9.17, 15) is 18.0 Å². The molecule has 2 rings (SSSR count). The molecule has 2 aromatic rings. The minimum Gasteiger partial charge on any atom is -0.406 e. The highest BCUT2D eigenvalue weighted by Crippen LogP contribution is 2.27. The number of rotatable bonds is 6. The molecule has 1 aromatic carbocycles. The number of carbonyl (C=O) groups excluding carboxylic acids is 1. The van der Waals surface area contributed by atoms with E-state index in [1.54, 1.807) is 24.5 Å². The van der Waals surface area contributed by atoms with Gasteiger partial charge in [0.15, 0.2) is 0 Å². The van der Waals surface area contributed by atoms with Crippen molar-refractivity contribution in [3.8, 4) is 5.75 Å². The summed E-state index contributed by atoms with van der Waals surface area (Å²) in [5, 5.41) is 2.79. The number of nitrogens with zero attached hydrogens (tertiary/aromatic N) is 1. The topological polar surface area (TPSA) is 51.2 Å². The zero-order chi connectivity index (χ0) is 17.6. The first-order valence-corrected chi connectivity index (χ1v) is 7.38. The number of hydrogen-bond donors (Lipinski definition) is 1. The molecule has 0 spiro atoms. The van der Waals surface area contributed by atoms with Crippen LogP contribution in [0.15, 0.2) is 48.8 Å². The number of nitrogens with one attached hydrogen (secondary N) is 1. The van der Waals surface area contributed by atoms with Crippen LogP contribution in [0.25, 0.3) is 0 Å². The Morgan fingerprint density at radius 3 is 2.67 bits per heavy atom. The second-order valence-electron chi connectivity index (χ2n) is 5.23. The van der Waals surface area contributed by atoms with E-state index >= 15 is 0 Å². The van der Waals surface area contributed by atoms with Crippen molar-refractivity contribution in [2.45, 2.75) is 32.2 Å². The molecule has 24 heavy (non-hydrogen) atoms. The average molecular weight is 338 g/mol. The Hall–Kier alpha value is -2.57. The van der Waals surface area contributed by atoms with Crippen molar-refractivity contribution in [1.29, 1.82) is 0 Å². The first kappa shape index (κ1) is 17.8. The molecular weight excluding hydrogens is 321 g/mol.